The molecule has 0 fully saturated rings. The van der Waals surface area contributed by atoms with Gasteiger partial charge in [-0.1, -0.05) is 171 Å². The van der Waals surface area contributed by atoms with Crippen molar-refractivity contribution in [3.05, 3.63) is 60.2 Å². The molecule has 0 bridgehead atoms. The fraction of sp³-hybridized carbons (Fsp3) is 0.803. The van der Waals surface area contributed by atoms with Crippen molar-refractivity contribution in [3.63, 3.8) is 0 Å². The average Bonchev–Trinajstić information content (AvgIpc) is 0.821. The molecule has 0 spiro atoms. The van der Waals surface area contributed by atoms with Crippen LogP contribution in [0.4, 0.5) is 0 Å². The van der Waals surface area contributed by atoms with E-state index in [0.29, 0.717) is 42.7 Å². The van der Waals surface area contributed by atoms with Crippen molar-refractivity contribution in [2.75, 3.05) is 24.1 Å². The van der Waals surface area contributed by atoms with E-state index >= 15 is 0 Å². The molecule has 114 heavy (non-hydrogen) atoms. The van der Waals surface area contributed by atoms with E-state index in [1.165, 1.54) is 10.2 Å². The summed E-state index contributed by atoms with van der Waals surface area (Å²) in [5, 5.41) is 4.96. The number of Topliss-reactive ketones (excluding diaryl/α,β-unsaturated/α-hetero) is 4. The number of carbonyl (C=O) groups excluding carboxylic acids is 5. The number of nitrogens with two attached hydrogens (primary N) is 4. The lowest BCUT2D eigenvalue weighted by Gasteiger charge is -2.39. The number of hydrogen-bond donors (Lipinski definition) is 4. The number of hydrogen-bond acceptors (Lipinski definition) is 19. The lowest BCUT2D eigenvalue weighted by Crippen LogP contribution is -2.52. The van der Waals surface area contributed by atoms with Crippen LogP contribution in [-0.2, 0) is 48.7 Å². The monoisotopic (exact) mass is 2340 g/mol. The maximum absolute atomic E-state index is 13.1. The standard InChI is InChI=1S/C36H60Br2N2O4Si3.C22H46Br2O4Si3.C12H34N2O2Si3.C4H6Br2O.CH3Br2PS.CH7N2PS/c1-35(2,27-31(37)29-17-21-39-22-18-29)33(41)15-11-13-25-45(5,6)43-47(9,10)44-46(7,8)26-14-12-16-34(42)36(3,4)28-32(38)30-19-23-40-24-20-30;1-21(2,23)19(25)15-11-13-17-29(5,6)27-31(9,10)28-30(7,8)18-14-12-16-20(26)22(3,4)24;1-17(2,11-7-9-13)15-19(5,6)16-18(3,4)12-8-10-14;1-4(2,6)3(5)7;2*2-4-1-5-3/h17-24,31-32H,11-16,25-28H2,1-10H3;11-18H2,1-10H3;7-14H2,1-6H3;1-2H3;4H,1H2;4H,1-3H2/i;;;;2*4D. The normalized spacial score (nSPS) is 14.4. The minimum absolute atomic E-state index is 0.0278. The lowest BCUT2D eigenvalue weighted by molar-refractivity contribution is -0.128. The topological polar surface area (TPSA) is 271 Å². The smallest absolute Gasteiger partial charge is 0.311 e. The number of nitrogens with zero attached hydrogens (tertiary/aromatic N) is 2. The van der Waals surface area contributed by atoms with Gasteiger partial charge in [0.25, 0.3) is 0 Å². The van der Waals surface area contributed by atoms with Crippen molar-refractivity contribution >= 4 is 267 Å². The van der Waals surface area contributed by atoms with Gasteiger partial charge in [0, 0.05) is 81.9 Å². The molecule has 17 nitrogen and oxygen atoms in total. The number of halogens is 8. The Bertz CT molecular complexity index is 2890. The highest BCUT2D eigenvalue weighted by Crippen LogP contribution is 2.40. The largest absolute Gasteiger partial charge is 0.437 e. The van der Waals surface area contributed by atoms with Gasteiger partial charge in [-0.15, -0.1) is 0 Å². The van der Waals surface area contributed by atoms with E-state index in [-0.39, 0.29) is 36.7 Å². The molecule has 2 aromatic rings. The van der Waals surface area contributed by atoms with Crippen molar-refractivity contribution in [2.24, 2.45) is 32.9 Å². The van der Waals surface area contributed by atoms with Crippen LogP contribution < -0.4 is 22.1 Å². The third-order valence-electron chi connectivity index (χ3n) is 17.9. The number of ketones is 4. The van der Waals surface area contributed by atoms with Crippen LogP contribution >= 0.6 is 164 Å². The summed E-state index contributed by atoms with van der Waals surface area (Å²) in [4.78, 5) is 69.2. The molecule has 8 N–H and O–H groups in total. The first-order valence-corrected chi connectivity index (χ1v) is 80.2. The van der Waals surface area contributed by atoms with Gasteiger partial charge in [0.15, 0.2) is 49.9 Å². The summed E-state index contributed by atoms with van der Waals surface area (Å²) in [5.41, 5.74) is 19.2. The predicted octanol–water partition coefficient (Wildman–Crippen LogP) is 27.5. The second kappa shape index (κ2) is 60.4. The average molecular weight is 2350 g/mol. The van der Waals surface area contributed by atoms with E-state index in [1.807, 2.05) is 52.0 Å². The Morgan fingerprint density at radius 3 is 0.833 bits per heavy atom. The van der Waals surface area contributed by atoms with Gasteiger partial charge in [0.1, 0.15) is 23.1 Å². The molecule has 2 aromatic heterocycles. The Kier molecular flexibility index (Phi) is 63.4. The molecule has 4 atom stereocenters. The van der Waals surface area contributed by atoms with Crippen LogP contribution in [-0.4, -0.2) is 153 Å². The number of alkyl halides is 5. The van der Waals surface area contributed by atoms with Gasteiger partial charge in [-0.25, -0.2) is 0 Å². The number of unbranched alkanes of at least 4 members (excludes halogenated alkanes) is 4. The highest BCUT2D eigenvalue weighted by Gasteiger charge is 2.43. The highest BCUT2D eigenvalue weighted by atomic mass is 79.9. The van der Waals surface area contributed by atoms with Gasteiger partial charge in [-0.3, -0.25) is 39.1 Å². The zero-order valence-electron chi connectivity index (χ0n) is 77.1. The second-order valence-corrected chi connectivity index (χ2v) is 89.3. The van der Waals surface area contributed by atoms with Crippen molar-refractivity contribution in [1.82, 2.24) is 9.97 Å². The molecular formula is C76H156Br8N6O11P2S2Si9. The van der Waals surface area contributed by atoms with Crippen LogP contribution in [0, 0.1) is 10.8 Å². The van der Waals surface area contributed by atoms with Crippen molar-refractivity contribution < 1.29 is 48.7 Å². The Morgan fingerprint density at radius 1 is 0.439 bits per heavy atom. The minimum Gasteiger partial charge on any atom is -0.437 e. The van der Waals surface area contributed by atoms with E-state index in [9.17, 15) is 24.0 Å². The second-order valence-electron chi connectivity index (χ2n) is 36.9. The molecule has 4 unspecified atom stereocenters. The quantitative estimate of drug-likeness (QED) is 0.0120. The first-order chi connectivity index (χ1) is 52.3. The SMILES string of the molecule is CC(C)(Br)C(=O)Br.CC(C)(Br)C(=O)CCCC[Si](C)(C)O[Si](C)(C)O[Si](C)(C)CCCCC(=O)C(C)(C)Br.CC(C)(CC(Br)c1ccncc1)C(=O)CCCC[Si](C)(C)O[Si](C)(C)O[Si](C)(C)CCCCC(=O)C(C)(C)CC(Br)c1ccncc1.C[Si](C)(CCCN)O[Si](C)(C)O[Si](C)(C)CCCN.[2H]P(Br)CSBr.[2H]P(N)CSN. The van der Waals surface area contributed by atoms with E-state index in [0.717, 1.165) is 155 Å². The number of aromatic nitrogens is 2. The molecule has 0 aliphatic heterocycles. The summed E-state index contributed by atoms with van der Waals surface area (Å²) in [5.74, 6) is 1.18. The van der Waals surface area contributed by atoms with Gasteiger partial charge in [0.2, 0.25) is 4.69 Å². The summed E-state index contributed by atoms with van der Waals surface area (Å²) in [6, 6.07) is 14.4. The number of rotatable bonds is 53. The van der Waals surface area contributed by atoms with E-state index in [4.69, 9.17) is 49.4 Å². The minimum atomic E-state index is -2.33. The first-order valence-electron chi connectivity index (χ1n) is 40.8. The molecule has 0 aromatic carbocycles. The summed E-state index contributed by atoms with van der Waals surface area (Å²) >= 11 is 27.8. The molecule has 670 valence electrons. The molecule has 0 saturated heterocycles. The summed E-state index contributed by atoms with van der Waals surface area (Å²) in [6.45, 7) is 61.3. The maximum atomic E-state index is 13.1. The van der Waals surface area contributed by atoms with Crippen LogP contribution in [0.15, 0.2) is 49.1 Å². The first kappa shape index (κ1) is 120. The van der Waals surface area contributed by atoms with Crippen molar-refractivity contribution in [3.8, 4) is 0 Å². The fourth-order valence-corrected chi connectivity index (χ4v) is 62.6. The molecule has 38 heteroatoms. The van der Waals surface area contributed by atoms with Gasteiger partial charge < -0.3 is 41.7 Å². The zero-order valence-corrected chi connectivity index (χ0v) is 100. The van der Waals surface area contributed by atoms with Crippen molar-refractivity contribution in [1.29, 1.82) is 2.56 Å². The molecular weight excluding hydrogens is 2190 g/mol. The summed E-state index contributed by atoms with van der Waals surface area (Å²) in [7, 11) is -17.6. The molecule has 0 radical (unpaired) electrons. The van der Waals surface area contributed by atoms with Crippen molar-refractivity contribution in [2.45, 2.75) is 349 Å². The Hall–Kier alpha value is 3.60. The van der Waals surface area contributed by atoms with Gasteiger partial charge in [-0.05, 0) is 342 Å². The van der Waals surface area contributed by atoms with E-state index in [1.54, 1.807) is 38.6 Å². The predicted molar refractivity (Wildman–Crippen MR) is 555 cm³/mol. The Balaban J connectivity index is -0.000000773. The Morgan fingerprint density at radius 2 is 0.667 bits per heavy atom. The fourth-order valence-electron chi connectivity index (χ4n) is 12.6. The van der Waals surface area contributed by atoms with Crippen LogP contribution in [0.3, 0.4) is 0 Å². The molecule has 0 aliphatic carbocycles. The molecule has 0 aliphatic rings. The van der Waals surface area contributed by atoms with E-state index in [2.05, 4.69) is 281 Å². The van der Waals surface area contributed by atoms with Crippen LogP contribution in [0.5, 0.6) is 0 Å². The van der Waals surface area contributed by atoms with Crippen LogP contribution in [0.1, 0.15) is 193 Å². The van der Waals surface area contributed by atoms with Crippen LogP contribution in [0.25, 0.3) is 0 Å². The summed E-state index contributed by atoms with van der Waals surface area (Å²) < 4.78 is 52.2. The highest BCUT2D eigenvalue weighted by molar-refractivity contribution is 9.50. The number of carbonyl (C=O) groups is 5. The summed E-state index contributed by atoms with van der Waals surface area (Å²) in [6.07, 6.45) is 20.9. The third kappa shape index (κ3) is 67.8. The molecule has 2 heterocycles. The van der Waals surface area contributed by atoms with Crippen LogP contribution in [0.2, 0.25) is 154 Å². The molecule has 2 rings (SSSR count). The maximum Gasteiger partial charge on any atom is 0.311 e. The third-order valence-corrected chi connectivity index (χ3v) is 62.4. The van der Waals surface area contributed by atoms with Gasteiger partial charge in [0.05, 0.1) is 15.5 Å². The molecule has 0 saturated carbocycles. The molecule has 0 amide bonds. The number of pyridine rings is 2. The zero-order chi connectivity index (χ0) is 91.5. The van der Waals surface area contributed by atoms with Gasteiger partial charge in [-0.2, -0.15) is 0 Å². The lowest BCUT2D eigenvalue weighted by atomic mass is 9.80. The Labute approximate surface area is 785 Å². The van der Waals surface area contributed by atoms with E-state index < -0.39 is 104 Å². The van der Waals surface area contributed by atoms with Gasteiger partial charge >= 0.3 is 25.7 Å².